The van der Waals surface area contributed by atoms with E-state index >= 15 is 0 Å². The third-order valence-electron chi connectivity index (χ3n) is 6.15. The molecule has 160 valence electrons. The van der Waals surface area contributed by atoms with E-state index in [1.807, 2.05) is 6.07 Å². The van der Waals surface area contributed by atoms with Gasteiger partial charge in [-0.15, -0.1) is 0 Å². The van der Waals surface area contributed by atoms with Crippen LogP contribution in [0.15, 0.2) is 83.4 Å². The summed E-state index contributed by atoms with van der Waals surface area (Å²) in [5, 5.41) is 2.33. The van der Waals surface area contributed by atoms with Crippen molar-refractivity contribution in [1.82, 2.24) is 0 Å². The van der Waals surface area contributed by atoms with Gasteiger partial charge in [-0.2, -0.15) is 0 Å². The summed E-state index contributed by atoms with van der Waals surface area (Å²) in [6.45, 7) is 9.02. The van der Waals surface area contributed by atoms with E-state index in [0.29, 0.717) is 0 Å². The number of nitrogens with zero attached hydrogens (tertiary/aromatic N) is 1. The van der Waals surface area contributed by atoms with E-state index in [0.717, 1.165) is 33.9 Å². The summed E-state index contributed by atoms with van der Waals surface area (Å²) < 4.78 is 8.90. The van der Waals surface area contributed by atoms with Crippen LogP contribution in [0.1, 0.15) is 31.9 Å². The highest BCUT2D eigenvalue weighted by Gasteiger charge is 2.22. The molecule has 0 saturated heterocycles. The minimum atomic E-state index is 0.261. The highest BCUT2D eigenvalue weighted by molar-refractivity contribution is 6.13. The molecule has 0 fully saturated rings. The number of hydrogen-bond donors (Lipinski definition) is 0. The average Bonchev–Trinajstić information content (AvgIpc) is 3.13. The van der Waals surface area contributed by atoms with E-state index in [-0.39, 0.29) is 5.41 Å². The first-order valence-electron chi connectivity index (χ1n) is 11.3. The fourth-order valence-corrected chi connectivity index (χ4v) is 4.77. The Bertz CT molecular complexity index is 1440. The van der Waals surface area contributed by atoms with Gasteiger partial charge in [0.1, 0.15) is 18.2 Å². The standard InChI is InChI=1S/C30H30NO/c1-20-14-16-25-24-13-9-12-23(22-10-7-6-8-11-22)28(24)32-29(25)27(20)26-17-15-21(19-31(26)5)18-30(2,3)4/h6-17,19H,18H2,1-5H3/q+1. The number of rotatable bonds is 3. The van der Waals surface area contributed by atoms with Crippen molar-refractivity contribution in [2.45, 2.75) is 34.1 Å². The van der Waals surface area contributed by atoms with Crippen molar-refractivity contribution in [3.05, 3.63) is 90.1 Å². The molecule has 2 aromatic heterocycles. The summed E-state index contributed by atoms with van der Waals surface area (Å²) >= 11 is 0. The zero-order valence-electron chi connectivity index (χ0n) is 19.6. The molecule has 0 saturated carbocycles. The van der Waals surface area contributed by atoms with Crippen molar-refractivity contribution in [2.24, 2.45) is 12.5 Å². The molecule has 0 unspecified atom stereocenters. The van der Waals surface area contributed by atoms with Gasteiger partial charge in [-0.25, -0.2) is 4.57 Å². The molecule has 2 nitrogen and oxygen atoms in total. The Morgan fingerprint density at radius 1 is 0.781 bits per heavy atom. The van der Waals surface area contributed by atoms with Crippen LogP contribution in [0.4, 0.5) is 0 Å². The molecule has 0 N–H and O–H groups in total. The molecule has 3 aromatic carbocycles. The van der Waals surface area contributed by atoms with Gasteiger partial charge < -0.3 is 4.42 Å². The van der Waals surface area contributed by atoms with Crippen LogP contribution in [0.2, 0.25) is 0 Å². The highest BCUT2D eigenvalue weighted by atomic mass is 16.3. The Kier molecular flexibility index (Phi) is 4.89. The van der Waals surface area contributed by atoms with Crippen LogP contribution in [0.25, 0.3) is 44.3 Å². The maximum atomic E-state index is 6.66. The molecule has 0 spiro atoms. The summed E-state index contributed by atoms with van der Waals surface area (Å²) in [5.74, 6) is 0. The summed E-state index contributed by atoms with van der Waals surface area (Å²) in [5.41, 5.74) is 9.39. The normalized spacial score (nSPS) is 12.0. The van der Waals surface area contributed by atoms with Gasteiger partial charge in [0, 0.05) is 28.0 Å². The second-order valence-corrected chi connectivity index (χ2v) is 10.1. The number of pyridine rings is 1. The average molecular weight is 421 g/mol. The highest BCUT2D eigenvalue weighted by Crippen LogP contribution is 2.40. The van der Waals surface area contributed by atoms with E-state index in [4.69, 9.17) is 4.42 Å². The molecule has 2 heterocycles. The lowest BCUT2D eigenvalue weighted by molar-refractivity contribution is -0.660. The van der Waals surface area contributed by atoms with Crippen LogP contribution in [0.5, 0.6) is 0 Å². The van der Waals surface area contributed by atoms with Crippen LogP contribution in [-0.4, -0.2) is 0 Å². The first-order chi connectivity index (χ1) is 15.3. The maximum absolute atomic E-state index is 6.66. The first-order valence-corrected chi connectivity index (χ1v) is 11.3. The van der Waals surface area contributed by atoms with Crippen molar-refractivity contribution in [2.75, 3.05) is 0 Å². The van der Waals surface area contributed by atoms with Gasteiger partial charge in [-0.1, -0.05) is 81.4 Å². The van der Waals surface area contributed by atoms with Crippen LogP contribution < -0.4 is 4.57 Å². The van der Waals surface area contributed by atoms with Gasteiger partial charge in [-0.05, 0) is 36.0 Å². The Morgan fingerprint density at radius 2 is 1.53 bits per heavy atom. The fraction of sp³-hybridized carbons (Fsp3) is 0.233. The number of fused-ring (bicyclic) bond motifs is 3. The number of benzene rings is 3. The van der Waals surface area contributed by atoms with Crippen LogP contribution in [0, 0.1) is 12.3 Å². The van der Waals surface area contributed by atoms with Gasteiger partial charge in [0.05, 0.1) is 5.56 Å². The smallest absolute Gasteiger partial charge is 0.216 e. The molecule has 5 aromatic rings. The third kappa shape index (κ3) is 3.60. The molecular weight excluding hydrogens is 390 g/mol. The van der Waals surface area contributed by atoms with Crippen molar-refractivity contribution in [3.63, 3.8) is 0 Å². The van der Waals surface area contributed by atoms with E-state index in [1.54, 1.807) is 0 Å². The number of aromatic nitrogens is 1. The van der Waals surface area contributed by atoms with Crippen LogP contribution in [0.3, 0.4) is 0 Å². The lowest BCUT2D eigenvalue weighted by atomic mass is 9.88. The molecule has 0 aliphatic carbocycles. The zero-order valence-corrected chi connectivity index (χ0v) is 19.6. The largest absolute Gasteiger partial charge is 0.454 e. The van der Waals surface area contributed by atoms with E-state index in [1.165, 1.54) is 27.9 Å². The Hall–Kier alpha value is -3.39. The van der Waals surface area contributed by atoms with Gasteiger partial charge in [0.25, 0.3) is 0 Å². The van der Waals surface area contributed by atoms with Crippen molar-refractivity contribution >= 4 is 21.9 Å². The zero-order chi connectivity index (χ0) is 22.5. The predicted octanol–water partition coefficient (Wildman–Crippen LogP) is 7.64. The summed E-state index contributed by atoms with van der Waals surface area (Å²) in [4.78, 5) is 0. The second kappa shape index (κ2) is 7.63. The molecule has 0 bridgehead atoms. The quantitative estimate of drug-likeness (QED) is 0.274. The number of hydrogen-bond acceptors (Lipinski definition) is 1. The first kappa shape index (κ1) is 20.5. The number of furan rings is 1. The molecular formula is C30H30NO+. The minimum Gasteiger partial charge on any atom is -0.454 e. The Morgan fingerprint density at radius 3 is 2.25 bits per heavy atom. The van der Waals surface area contributed by atoms with Crippen molar-refractivity contribution in [1.29, 1.82) is 0 Å². The van der Waals surface area contributed by atoms with E-state index in [9.17, 15) is 0 Å². The molecule has 0 radical (unpaired) electrons. The molecule has 0 aliphatic heterocycles. The Labute approximate surface area is 190 Å². The number of aryl methyl sites for hydroxylation is 2. The SMILES string of the molecule is Cc1ccc2c(oc3c(-c4ccccc4)cccc32)c1-c1ccc(CC(C)(C)C)c[n+]1C. The topological polar surface area (TPSA) is 17.0 Å². The van der Waals surface area contributed by atoms with Crippen LogP contribution in [-0.2, 0) is 13.5 Å². The third-order valence-corrected chi connectivity index (χ3v) is 6.15. The molecule has 5 rings (SSSR count). The van der Waals surface area contributed by atoms with Gasteiger partial charge in [-0.3, -0.25) is 0 Å². The van der Waals surface area contributed by atoms with Gasteiger partial charge in [0.2, 0.25) is 5.69 Å². The fourth-order valence-electron chi connectivity index (χ4n) is 4.77. The van der Waals surface area contributed by atoms with Gasteiger partial charge in [0.15, 0.2) is 6.20 Å². The minimum absolute atomic E-state index is 0.261. The Balaban J connectivity index is 1.74. The summed E-state index contributed by atoms with van der Waals surface area (Å²) in [6.07, 6.45) is 3.31. The van der Waals surface area contributed by atoms with E-state index in [2.05, 4.69) is 112 Å². The molecule has 32 heavy (non-hydrogen) atoms. The summed E-state index contributed by atoms with van der Waals surface area (Å²) in [7, 11) is 2.14. The molecule has 2 heteroatoms. The predicted molar refractivity (Wildman–Crippen MR) is 134 cm³/mol. The lowest BCUT2D eigenvalue weighted by Crippen LogP contribution is -2.32. The maximum Gasteiger partial charge on any atom is 0.216 e. The van der Waals surface area contributed by atoms with Crippen molar-refractivity contribution < 1.29 is 8.98 Å². The van der Waals surface area contributed by atoms with Crippen LogP contribution >= 0.6 is 0 Å². The number of para-hydroxylation sites is 1. The molecule has 0 aliphatic rings. The lowest BCUT2D eigenvalue weighted by Gasteiger charge is -2.17. The molecule has 0 atom stereocenters. The monoisotopic (exact) mass is 420 g/mol. The van der Waals surface area contributed by atoms with Gasteiger partial charge >= 0.3 is 0 Å². The second-order valence-electron chi connectivity index (χ2n) is 10.1. The van der Waals surface area contributed by atoms with E-state index < -0.39 is 0 Å². The summed E-state index contributed by atoms with van der Waals surface area (Å²) in [6, 6.07) is 25.8. The van der Waals surface area contributed by atoms with Crippen molar-refractivity contribution in [3.8, 4) is 22.4 Å². The molecule has 0 amide bonds.